The van der Waals surface area contributed by atoms with Crippen LogP contribution in [0, 0.1) is 6.92 Å². The Morgan fingerprint density at radius 1 is 1.20 bits per heavy atom. The summed E-state index contributed by atoms with van der Waals surface area (Å²) in [4.78, 5) is 0. The maximum atomic E-state index is 5.29. The molecule has 0 N–H and O–H groups in total. The molecule has 1 rings (SSSR count). The monoisotopic (exact) mass is 206 g/mol. The minimum atomic E-state index is -0.158. The fraction of sp³-hybridized carbons (Fsp3) is 0.500. The molecule has 0 bridgehead atoms. The van der Waals surface area contributed by atoms with E-state index in [0.717, 1.165) is 17.0 Å². The summed E-state index contributed by atoms with van der Waals surface area (Å²) in [5, 5.41) is 8.43. The van der Waals surface area contributed by atoms with Crippen LogP contribution < -0.4 is 4.74 Å². The lowest BCUT2D eigenvalue weighted by Crippen LogP contribution is -2.07. The van der Waals surface area contributed by atoms with Crippen molar-refractivity contribution in [2.75, 3.05) is 7.11 Å². The molecule has 0 aliphatic rings. The lowest BCUT2D eigenvalue weighted by molar-refractivity contribution is 0.412. The summed E-state index contributed by atoms with van der Waals surface area (Å²) in [7, 11) is 1.65. The Balaban J connectivity index is 3.05. The minimum Gasteiger partial charge on any atom is -0.494 e. The third-order valence-electron chi connectivity index (χ3n) is 1.85. The Hall–Kier alpha value is -1.38. The van der Waals surface area contributed by atoms with Crippen LogP contribution in [0.3, 0.4) is 0 Å². The summed E-state index contributed by atoms with van der Waals surface area (Å²) < 4.78 is 5.29. The number of azo groups is 1. The highest BCUT2D eigenvalue weighted by atomic mass is 16.5. The number of benzene rings is 1. The third-order valence-corrected chi connectivity index (χ3v) is 1.85. The number of aryl methyl sites for hydroxylation is 1. The van der Waals surface area contributed by atoms with Crippen LogP contribution in [0.4, 0.5) is 5.69 Å². The van der Waals surface area contributed by atoms with E-state index >= 15 is 0 Å². The molecule has 1 aromatic carbocycles. The Labute approximate surface area is 91.2 Å². The van der Waals surface area contributed by atoms with Gasteiger partial charge in [-0.05, 0) is 39.3 Å². The molecule has 0 aliphatic heterocycles. The molecule has 0 amide bonds. The molecule has 1 aromatic rings. The SMILES string of the molecule is COc1c(C)cccc1N=NC(C)(C)C. The molecule has 3 nitrogen and oxygen atoms in total. The van der Waals surface area contributed by atoms with Crippen LogP contribution in [0.25, 0.3) is 0 Å². The van der Waals surface area contributed by atoms with Gasteiger partial charge in [-0.1, -0.05) is 12.1 Å². The number of nitrogens with zero attached hydrogens (tertiary/aromatic N) is 2. The van der Waals surface area contributed by atoms with Crippen molar-refractivity contribution in [2.24, 2.45) is 10.2 Å². The second-order valence-corrected chi connectivity index (χ2v) is 4.50. The van der Waals surface area contributed by atoms with Crippen molar-refractivity contribution in [3.63, 3.8) is 0 Å². The molecule has 82 valence electrons. The van der Waals surface area contributed by atoms with Gasteiger partial charge < -0.3 is 4.74 Å². The molecule has 0 spiro atoms. The zero-order valence-corrected chi connectivity index (χ0v) is 10.0. The van der Waals surface area contributed by atoms with Crippen molar-refractivity contribution in [3.8, 4) is 5.75 Å². The first-order valence-corrected chi connectivity index (χ1v) is 5.00. The number of rotatable bonds is 2. The van der Waals surface area contributed by atoms with Crippen molar-refractivity contribution >= 4 is 5.69 Å². The molecule has 0 unspecified atom stereocenters. The van der Waals surface area contributed by atoms with Gasteiger partial charge in [0.05, 0.1) is 12.6 Å². The molecular formula is C12H18N2O. The second-order valence-electron chi connectivity index (χ2n) is 4.50. The van der Waals surface area contributed by atoms with Gasteiger partial charge in [-0.15, -0.1) is 0 Å². The van der Waals surface area contributed by atoms with Crippen LogP contribution in [-0.4, -0.2) is 12.6 Å². The predicted molar refractivity (Wildman–Crippen MR) is 62.0 cm³/mol. The van der Waals surface area contributed by atoms with E-state index in [0.29, 0.717) is 0 Å². The molecule has 0 aromatic heterocycles. The van der Waals surface area contributed by atoms with Crippen molar-refractivity contribution in [1.82, 2.24) is 0 Å². The summed E-state index contributed by atoms with van der Waals surface area (Å²) in [6.07, 6.45) is 0. The largest absolute Gasteiger partial charge is 0.494 e. The van der Waals surface area contributed by atoms with Gasteiger partial charge in [0, 0.05) is 0 Å². The molecule has 0 saturated carbocycles. The molecule has 0 saturated heterocycles. The topological polar surface area (TPSA) is 34.0 Å². The van der Waals surface area contributed by atoms with E-state index in [2.05, 4.69) is 10.2 Å². The molecule has 3 heteroatoms. The quantitative estimate of drug-likeness (QED) is 0.676. The number of hydrogen-bond acceptors (Lipinski definition) is 3. The summed E-state index contributed by atoms with van der Waals surface area (Å²) in [5.74, 6) is 0.797. The smallest absolute Gasteiger partial charge is 0.149 e. The summed E-state index contributed by atoms with van der Waals surface area (Å²) in [6, 6.07) is 5.85. The number of para-hydroxylation sites is 1. The van der Waals surface area contributed by atoms with Crippen LogP contribution in [0.2, 0.25) is 0 Å². The third kappa shape index (κ3) is 3.35. The standard InChI is InChI=1S/C12H18N2O/c1-9-7-6-8-10(11(9)15-5)13-14-12(2,3)4/h6-8H,1-5H3. The Morgan fingerprint density at radius 2 is 1.87 bits per heavy atom. The first-order chi connectivity index (χ1) is 6.94. The van der Waals surface area contributed by atoms with Gasteiger partial charge in [0.15, 0.2) is 0 Å². The van der Waals surface area contributed by atoms with Crippen LogP contribution in [-0.2, 0) is 0 Å². The molecule has 0 fully saturated rings. The molecule has 0 atom stereocenters. The van der Waals surface area contributed by atoms with Crippen LogP contribution in [0.1, 0.15) is 26.3 Å². The first kappa shape index (κ1) is 11.7. The van der Waals surface area contributed by atoms with Gasteiger partial charge in [-0.25, -0.2) is 0 Å². The van der Waals surface area contributed by atoms with E-state index < -0.39 is 0 Å². The van der Waals surface area contributed by atoms with E-state index in [-0.39, 0.29) is 5.54 Å². The number of methoxy groups -OCH3 is 1. The molecule has 0 aliphatic carbocycles. The van der Waals surface area contributed by atoms with Gasteiger partial charge in [-0.3, -0.25) is 0 Å². The van der Waals surface area contributed by atoms with Crippen LogP contribution in [0.5, 0.6) is 5.75 Å². The van der Waals surface area contributed by atoms with Gasteiger partial charge in [-0.2, -0.15) is 10.2 Å². The highest BCUT2D eigenvalue weighted by Crippen LogP contribution is 2.31. The van der Waals surface area contributed by atoms with Crippen molar-refractivity contribution < 1.29 is 4.74 Å². The zero-order chi connectivity index (χ0) is 11.5. The minimum absolute atomic E-state index is 0.158. The summed E-state index contributed by atoms with van der Waals surface area (Å²) >= 11 is 0. The van der Waals surface area contributed by atoms with Crippen LogP contribution in [0.15, 0.2) is 28.4 Å². The van der Waals surface area contributed by atoms with Crippen LogP contribution >= 0.6 is 0 Å². The molecule has 0 heterocycles. The molecular weight excluding hydrogens is 188 g/mol. The van der Waals surface area contributed by atoms with Crippen molar-refractivity contribution in [3.05, 3.63) is 23.8 Å². The van der Waals surface area contributed by atoms with E-state index in [1.807, 2.05) is 45.9 Å². The fourth-order valence-corrected chi connectivity index (χ4v) is 1.19. The average molecular weight is 206 g/mol. The van der Waals surface area contributed by atoms with E-state index in [1.165, 1.54) is 0 Å². The highest BCUT2D eigenvalue weighted by molar-refractivity contribution is 5.55. The van der Waals surface area contributed by atoms with Crippen molar-refractivity contribution in [1.29, 1.82) is 0 Å². The fourth-order valence-electron chi connectivity index (χ4n) is 1.19. The Kier molecular flexibility index (Phi) is 3.45. The molecule has 15 heavy (non-hydrogen) atoms. The highest BCUT2D eigenvalue weighted by Gasteiger charge is 2.09. The predicted octanol–water partition coefficient (Wildman–Crippen LogP) is 3.89. The van der Waals surface area contributed by atoms with Gasteiger partial charge >= 0.3 is 0 Å². The second kappa shape index (κ2) is 4.43. The number of ether oxygens (including phenoxy) is 1. The summed E-state index contributed by atoms with van der Waals surface area (Å²) in [6.45, 7) is 8.03. The van der Waals surface area contributed by atoms with E-state index in [9.17, 15) is 0 Å². The van der Waals surface area contributed by atoms with E-state index in [4.69, 9.17) is 4.74 Å². The maximum Gasteiger partial charge on any atom is 0.149 e. The Bertz CT molecular complexity index is 364. The van der Waals surface area contributed by atoms with Gasteiger partial charge in [0.2, 0.25) is 0 Å². The van der Waals surface area contributed by atoms with Crippen molar-refractivity contribution in [2.45, 2.75) is 33.2 Å². The zero-order valence-electron chi connectivity index (χ0n) is 10.0. The summed E-state index contributed by atoms with van der Waals surface area (Å²) in [5.41, 5.74) is 1.70. The normalized spacial score (nSPS) is 12.1. The first-order valence-electron chi connectivity index (χ1n) is 5.00. The van der Waals surface area contributed by atoms with Gasteiger partial charge in [0.25, 0.3) is 0 Å². The molecule has 0 radical (unpaired) electrons. The van der Waals surface area contributed by atoms with E-state index in [1.54, 1.807) is 7.11 Å². The average Bonchev–Trinajstić information content (AvgIpc) is 2.13. The maximum absolute atomic E-state index is 5.29. The number of hydrogen-bond donors (Lipinski definition) is 0. The van der Waals surface area contributed by atoms with Gasteiger partial charge in [0.1, 0.15) is 11.4 Å². The lowest BCUT2D eigenvalue weighted by atomic mass is 10.1. The lowest BCUT2D eigenvalue weighted by Gasteiger charge is -2.11. The Morgan fingerprint density at radius 3 is 2.40 bits per heavy atom.